The summed E-state index contributed by atoms with van der Waals surface area (Å²) < 4.78 is 0.247. The van der Waals surface area contributed by atoms with Crippen LogP contribution in [0.15, 0.2) is 6.20 Å². The topological polar surface area (TPSA) is 92.0 Å². The van der Waals surface area contributed by atoms with E-state index in [9.17, 15) is 4.79 Å². The predicted molar refractivity (Wildman–Crippen MR) is 40.8 cm³/mol. The van der Waals surface area contributed by atoms with E-state index in [1.165, 1.54) is 6.20 Å². The van der Waals surface area contributed by atoms with E-state index in [-0.39, 0.29) is 16.2 Å². The van der Waals surface area contributed by atoms with Gasteiger partial charge in [0.15, 0.2) is 11.5 Å². The van der Waals surface area contributed by atoms with Gasteiger partial charge in [-0.3, -0.25) is 0 Å². The highest BCUT2D eigenvalue weighted by Gasteiger charge is 2.07. The molecule has 0 fully saturated rings. The van der Waals surface area contributed by atoms with Crippen LogP contribution < -0.4 is 5.73 Å². The highest BCUT2D eigenvalue weighted by atomic mass is 32.1. The first-order valence-corrected chi connectivity index (χ1v) is 3.10. The van der Waals surface area contributed by atoms with Crippen molar-refractivity contribution in [2.45, 2.75) is 0 Å². The molecule has 6 heteroatoms. The molecule has 0 unspecified atom stereocenters. The maximum atomic E-state index is 10.4. The maximum absolute atomic E-state index is 10.4. The summed E-state index contributed by atoms with van der Waals surface area (Å²) in [4.78, 5) is 16.3. The quantitative estimate of drug-likeness (QED) is 0.532. The first-order chi connectivity index (χ1) is 5.11. The molecular weight excluding hydrogens is 166 g/mol. The van der Waals surface area contributed by atoms with E-state index in [4.69, 9.17) is 10.8 Å². The van der Waals surface area contributed by atoms with Crippen LogP contribution in [-0.4, -0.2) is 21.0 Å². The van der Waals surface area contributed by atoms with Crippen LogP contribution in [0.1, 0.15) is 10.5 Å². The van der Waals surface area contributed by atoms with Gasteiger partial charge in [0, 0.05) is 0 Å². The van der Waals surface area contributed by atoms with Gasteiger partial charge in [0.1, 0.15) is 4.64 Å². The summed E-state index contributed by atoms with van der Waals surface area (Å²) in [6.45, 7) is 0. The molecule has 0 aliphatic carbocycles. The van der Waals surface area contributed by atoms with E-state index in [0.29, 0.717) is 0 Å². The van der Waals surface area contributed by atoms with Crippen LogP contribution >= 0.6 is 12.2 Å². The van der Waals surface area contributed by atoms with Gasteiger partial charge in [-0.15, -0.1) is 0 Å². The van der Waals surface area contributed by atoms with Crippen molar-refractivity contribution in [3.63, 3.8) is 0 Å². The van der Waals surface area contributed by atoms with E-state index < -0.39 is 5.97 Å². The molecule has 5 nitrogen and oxygen atoms in total. The Labute approximate surface area is 66.9 Å². The lowest BCUT2D eigenvalue weighted by Crippen LogP contribution is -2.07. The van der Waals surface area contributed by atoms with Crippen molar-refractivity contribution < 1.29 is 9.90 Å². The fourth-order valence-electron chi connectivity index (χ4n) is 0.575. The first-order valence-electron chi connectivity index (χ1n) is 2.69. The summed E-state index contributed by atoms with van der Waals surface area (Å²) in [6.07, 6.45) is 1.29. The van der Waals surface area contributed by atoms with Gasteiger partial charge in [-0.25, -0.2) is 9.78 Å². The Hall–Kier alpha value is -1.43. The Bertz CT molecular complexity index is 346. The van der Waals surface area contributed by atoms with Crippen LogP contribution in [-0.2, 0) is 0 Å². The number of nitrogens with zero attached hydrogens (tertiary/aromatic N) is 1. The molecule has 0 spiro atoms. The molecule has 0 aliphatic rings. The Kier molecular flexibility index (Phi) is 1.86. The summed E-state index contributed by atoms with van der Waals surface area (Å²) in [5.74, 6) is -1.23. The number of rotatable bonds is 1. The normalized spacial score (nSPS) is 9.45. The summed E-state index contributed by atoms with van der Waals surface area (Å²) >= 11 is 4.64. The third-order valence-electron chi connectivity index (χ3n) is 1.04. The van der Waals surface area contributed by atoms with Gasteiger partial charge in [-0.1, -0.05) is 12.2 Å². The number of hydrogen-bond acceptors (Lipinski definition) is 4. The zero-order chi connectivity index (χ0) is 8.43. The van der Waals surface area contributed by atoms with Gasteiger partial charge in [-0.05, 0) is 0 Å². The molecule has 1 aromatic rings. The second kappa shape index (κ2) is 2.67. The first kappa shape index (κ1) is 7.67. The number of aromatic amines is 1. The zero-order valence-electron chi connectivity index (χ0n) is 5.37. The summed E-state index contributed by atoms with van der Waals surface area (Å²) in [6, 6.07) is 0. The van der Waals surface area contributed by atoms with Crippen LogP contribution in [0.2, 0.25) is 0 Å². The highest BCUT2D eigenvalue weighted by molar-refractivity contribution is 7.71. The lowest BCUT2D eigenvalue weighted by Gasteiger charge is -1.96. The molecule has 58 valence electrons. The van der Waals surface area contributed by atoms with Gasteiger partial charge in [0.2, 0.25) is 0 Å². The van der Waals surface area contributed by atoms with Crippen molar-refractivity contribution in [1.82, 2.24) is 9.97 Å². The van der Waals surface area contributed by atoms with Crippen LogP contribution in [0, 0.1) is 4.64 Å². The number of aromatic nitrogens is 2. The second-order valence-electron chi connectivity index (χ2n) is 1.81. The molecule has 0 saturated heterocycles. The zero-order valence-corrected chi connectivity index (χ0v) is 6.18. The lowest BCUT2D eigenvalue weighted by molar-refractivity contribution is 0.0691. The summed E-state index contributed by atoms with van der Waals surface area (Å²) in [5, 5.41) is 8.49. The van der Waals surface area contributed by atoms with E-state index in [1.54, 1.807) is 0 Å². The summed E-state index contributed by atoms with van der Waals surface area (Å²) in [7, 11) is 0. The fraction of sp³-hybridized carbons (Fsp3) is 0. The van der Waals surface area contributed by atoms with Crippen molar-refractivity contribution in [3.8, 4) is 0 Å². The number of hydrogen-bond donors (Lipinski definition) is 3. The number of H-pyrrole nitrogens is 1. The minimum Gasteiger partial charge on any atom is -0.476 e. The van der Waals surface area contributed by atoms with Crippen LogP contribution in [0.4, 0.5) is 5.82 Å². The Morgan fingerprint density at radius 1 is 1.82 bits per heavy atom. The third kappa shape index (κ3) is 1.53. The average molecular weight is 171 g/mol. The largest absolute Gasteiger partial charge is 0.476 e. The van der Waals surface area contributed by atoms with E-state index >= 15 is 0 Å². The number of nitrogens with two attached hydrogens (primary N) is 1. The Balaban J connectivity index is 3.35. The van der Waals surface area contributed by atoms with E-state index in [0.717, 1.165) is 0 Å². The second-order valence-corrected chi connectivity index (χ2v) is 2.25. The Morgan fingerprint density at radius 2 is 2.45 bits per heavy atom. The lowest BCUT2D eigenvalue weighted by atomic mass is 10.4. The molecule has 0 atom stereocenters. The number of nitrogens with one attached hydrogen (secondary N) is 1. The molecule has 0 saturated carbocycles. The maximum Gasteiger partial charge on any atom is 0.356 e. The molecule has 4 N–H and O–H groups in total. The molecule has 0 radical (unpaired) electrons. The van der Waals surface area contributed by atoms with Gasteiger partial charge < -0.3 is 15.8 Å². The molecule has 0 amide bonds. The minimum atomic E-state index is -1.17. The van der Waals surface area contributed by atoms with Crippen LogP contribution in [0.3, 0.4) is 0 Å². The monoisotopic (exact) mass is 171 g/mol. The Morgan fingerprint density at radius 3 is 2.91 bits per heavy atom. The molecule has 0 aromatic carbocycles. The van der Waals surface area contributed by atoms with Gasteiger partial charge >= 0.3 is 5.97 Å². The standard InChI is InChI=1S/C5H5N3O2S/c6-4-3(5(9)10)8-2(11)1-7-4/h1H,(H2,6,7)(H,8,11)(H,9,10). The van der Waals surface area contributed by atoms with Crippen LogP contribution in [0.5, 0.6) is 0 Å². The molecule has 1 heterocycles. The molecule has 0 bridgehead atoms. The number of carboxylic acids is 1. The smallest absolute Gasteiger partial charge is 0.356 e. The SMILES string of the molecule is Nc1ncc(=S)[nH]c1C(=O)O. The van der Waals surface area contributed by atoms with Gasteiger partial charge in [0.05, 0.1) is 6.20 Å². The minimum absolute atomic E-state index is 0.0638. The third-order valence-corrected chi connectivity index (χ3v) is 1.25. The highest BCUT2D eigenvalue weighted by Crippen LogP contribution is 2.02. The van der Waals surface area contributed by atoms with Crippen molar-refractivity contribution >= 4 is 24.0 Å². The average Bonchev–Trinajstić information content (AvgIpc) is 1.94. The van der Waals surface area contributed by atoms with Gasteiger partial charge in [0.25, 0.3) is 0 Å². The predicted octanol–water partition coefficient (Wildman–Crippen LogP) is 0.420. The van der Waals surface area contributed by atoms with Crippen molar-refractivity contribution in [1.29, 1.82) is 0 Å². The molecule has 0 aliphatic heterocycles. The van der Waals surface area contributed by atoms with Crippen molar-refractivity contribution in [3.05, 3.63) is 16.5 Å². The molecular formula is C5H5N3O2S. The number of anilines is 1. The van der Waals surface area contributed by atoms with Crippen molar-refractivity contribution in [2.75, 3.05) is 5.73 Å². The number of carboxylic acid groups (broad SMARTS) is 1. The molecule has 11 heavy (non-hydrogen) atoms. The van der Waals surface area contributed by atoms with Crippen LogP contribution in [0.25, 0.3) is 0 Å². The summed E-state index contributed by atoms with van der Waals surface area (Å²) in [5.41, 5.74) is 5.05. The molecule has 1 rings (SSSR count). The molecule has 1 aromatic heterocycles. The van der Waals surface area contributed by atoms with E-state index in [2.05, 4.69) is 22.2 Å². The fourth-order valence-corrected chi connectivity index (χ4v) is 0.730. The number of carbonyl (C=O) groups is 1. The number of nitrogen functional groups attached to an aromatic ring is 1. The number of aromatic carboxylic acids is 1. The van der Waals surface area contributed by atoms with E-state index in [1.807, 2.05) is 0 Å². The van der Waals surface area contributed by atoms with Crippen molar-refractivity contribution in [2.24, 2.45) is 0 Å². The van der Waals surface area contributed by atoms with Gasteiger partial charge in [-0.2, -0.15) is 0 Å².